The lowest BCUT2D eigenvalue weighted by Gasteiger charge is -2.29. The third-order valence-corrected chi connectivity index (χ3v) is 6.88. The highest BCUT2D eigenvalue weighted by atomic mass is 32.2. The number of fused-ring (bicyclic) bond motifs is 2. The molecule has 178 valence electrons. The molecule has 0 fully saturated rings. The first kappa shape index (κ1) is 23.8. The number of carbonyl (C=O) groups excluding carboxylic acids is 3. The van der Waals surface area contributed by atoms with Crippen molar-refractivity contribution in [3.63, 3.8) is 0 Å². The summed E-state index contributed by atoms with van der Waals surface area (Å²) < 4.78 is 5.80. The van der Waals surface area contributed by atoms with Crippen molar-refractivity contribution in [1.82, 2.24) is 10.3 Å². The molecule has 9 heteroatoms. The monoisotopic (exact) mass is 480 g/mol. The summed E-state index contributed by atoms with van der Waals surface area (Å²) in [5, 5.41) is 8.29. The maximum atomic E-state index is 13.9. The fourth-order valence-electron chi connectivity index (χ4n) is 4.01. The van der Waals surface area contributed by atoms with Gasteiger partial charge in [0, 0.05) is 19.4 Å². The van der Waals surface area contributed by atoms with Crippen molar-refractivity contribution < 1.29 is 19.1 Å². The average Bonchev–Trinajstić information content (AvgIpc) is 3.27. The number of amidine groups is 1. The Morgan fingerprint density at radius 3 is 2.47 bits per heavy atom. The number of thioether (sulfide) groups is 1. The number of para-hydroxylation sites is 1. The van der Waals surface area contributed by atoms with E-state index in [-0.39, 0.29) is 22.9 Å². The van der Waals surface area contributed by atoms with Crippen molar-refractivity contribution in [2.24, 2.45) is 11.0 Å². The molecule has 1 spiro atoms. The SMILES string of the molecule is CC(=O)NC1=NN(C(C)=O)[C@]2(S1)C(=O)N(Cc1ccc(OCCC(C)C)cc1)c1ccccc12. The van der Waals surface area contributed by atoms with Gasteiger partial charge in [-0.2, -0.15) is 5.01 Å². The molecule has 0 saturated carbocycles. The van der Waals surface area contributed by atoms with E-state index in [0.29, 0.717) is 30.3 Å². The van der Waals surface area contributed by atoms with Crippen molar-refractivity contribution in [2.45, 2.75) is 45.5 Å². The Labute approximate surface area is 203 Å². The maximum Gasteiger partial charge on any atom is 0.271 e. The number of hydrazone groups is 1. The minimum absolute atomic E-state index is 0.218. The van der Waals surface area contributed by atoms with Gasteiger partial charge in [0.05, 0.1) is 18.8 Å². The maximum absolute atomic E-state index is 13.9. The zero-order chi connectivity index (χ0) is 24.5. The van der Waals surface area contributed by atoms with Crippen LogP contribution in [0.2, 0.25) is 0 Å². The van der Waals surface area contributed by atoms with Gasteiger partial charge in [0.15, 0.2) is 5.17 Å². The third-order valence-electron chi connectivity index (χ3n) is 5.64. The summed E-state index contributed by atoms with van der Waals surface area (Å²) in [6, 6.07) is 15.1. The lowest BCUT2D eigenvalue weighted by molar-refractivity contribution is -0.139. The highest BCUT2D eigenvalue weighted by molar-refractivity contribution is 8.15. The molecule has 0 aliphatic carbocycles. The summed E-state index contributed by atoms with van der Waals surface area (Å²) in [6.07, 6.45) is 0.982. The van der Waals surface area contributed by atoms with Crippen LogP contribution < -0.4 is 15.0 Å². The summed E-state index contributed by atoms with van der Waals surface area (Å²) in [5.41, 5.74) is 2.30. The Morgan fingerprint density at radius 2 is 1.82 bits per heavy atom. The quantitative estimate of drug-likeness (QED) is 0.679. The van der Waals surface area contributed by atoms with Crippen LogP contribution in [0, 0.1) is 5.92 Å². The van der Waals surface area contributed by atoms with E-state index in [1.54, 1.807) is 4.90 Å². The zero-order valence-corrected chi connectivity index (χ0v) is 20.5. The molecule has 2 aliphatic heterocycles. The van der Waals surface area contributed by atoms with Crippen LogP contribution in [0.4, 0.5) is 5.69 Å². The number of anilines is 1. The molecule has 0 radical (unpaired) electrons. The van der Waals surface area contributed by atoms with Crippen molar-refractivity contribution >= 4 is 40.3 Å². The number of ether oxygens (including phenoxy) is 1. The van der Waals surface area contributed by atoms with E-state index in [2.05, 4.69) is 24.3 Å². The molecule has 3 amide bonds. The number of carbonyl (C=O) groups is 3. The first-order valence-electron chi connectivity index (χ1n) is 11.2. The summed E-state index contributed by atoms with van der Waals surface area (Å²) in [6.45, 7) is 8.02. The topological polar surface area (TPSA) is 91.3 Å². The highest BCUT2D eigenvalue weighted by Gasteiger charge is 2.61. The van der Waals surface area contributed by atoms with Gasteiger partial charge in [-0.15, -0.1) is 5.10 Å². The number of rotatable bonds is 6. The van der Waals surface area contributed by atoms with Crippen LogP contribution >= 0.6 is 11.8 Å². The first-order valence-corrected chi connectivity index (χ1v) is 12.0. The zero-order valence-electron chi connectivity index (χ0n) is 19.7. The van der Waals surface area contributed by atoms with Gasteiger partial charge < -0.3 is 15.0 Å². The van der Waals surface area contributed by atoms with E-state index >= 15 is 0 Å². The van der Waals surface area contributed by atoms with E-state index in [1.165, 1.54) is 18.9 Å². The minimum atomic E-state index is -1.39. The highest BCUT2D eigenvalue weighted by Crippen LogP contribution is 2.54. The molecule has 2 aliphatic rings. The standard InChI is InChI=1S/C25H28N4O4S/c1-16(2)13-14-33-20-11-9-19(10-12-20)15-28-22-8-6-5-7-21(22)25(23(28)32)29(18(4)31)27-24(34-25)26-17(3)30/h5-12,16H,13-15H2,1-4H3,(H,26,27,30)/t25-/m1/s1. The Hall–Kier alpha value is -3.33. The van der Waals surface area contributed by atoms with Gasteiger partial charge in [-0.1, -0.05) is 44.2 Å². The molecule has 2 heterocycles. The molecular formula is C25H28N4O4S. The molecule has 1 atom stereocenters. The van der Waals surface area contributed by atoms with E-state index < -0.39 is 4.87 Å². The van der Waals surface area contributed by atoms with Crippen LogP contribution in [-0.2, 0) is 25.8 Å². The van der Waals surface area contributed by atoms with Crippen LogP contribution in [0.25, 0.3) is 0 Å². The molecule has 8 nitrogen and oxygen atoms in total. The van der Waals surface area contributed by atoms with Crippen LogP contribution in [-0.4, -0.2) is 34.5 Å². The Kier molecular flexibility index (Phi) is 6.65. The molecule has 1 N–H and O–H groups in total. The predicted molar refractivity (Wildman–Crippen MR) is 132 cm³/mol. The minimum Gasteiger partial charge on any atom is -0.494 e. The summed E-state index contributed by atoms with van der Waals surface area (Å²) >= 11 is 1.08. The first-order chi connectivity index (χ1) is 16.2. The summed E-state index contributed by atoms with van der Waals surface area (Å²) in [7, 11) is 0. The van der Waals surface area contributed by atoms with Crippen LogP contribution in [0.1, 0.15) is 45.2 Å². The molecular weight excluding hydrogens is 452 g/mol. The second kappa shape index (κ2) is 9.50. The van der Waals surface area contributed by atoms with Gasteiger partial charge in [-0.05, 0) is 47.9 Å². The lowest BCUT2D eigenvalue weighted by atomic mass is 10.1. The van der Waals surface area contributed by atoms with Gasteiger partial charge in [0.25, 0.3) is 5.91 Å². The van der Waals surface area contributed by atoms with Gasteiger partial charge >= 0.3 is 0 Å². The molecule has 0 bridgehead atoms. The normalized spacial score (nSPS) is 19.0. The largest absolute Gasteiger partial charge is 0.494 e. The second-order valence-electron chi connectivity index (χ2n) is 8.75. The van der Waals surface area contributed by atoms with Crippen molar-refractivity contribution in [3.8, 4) is 5.75 Å². The number of nitrogens with zero attached hydrogens (tertiary/aromatic N) is 3. The number of hydrogen-bond donors (Lipinski definition) is 1. The van der Waals surface area contributed by atoms with Crippen LogP contribution in [0.3, 0.4) is 0 Å². The van der Waals surface area contributed by atoms with Gasteiger partial charge in [0.1, 0.15) is 5.75 Å². The van der Waals surface area contributed by atoms with E-state index in [0.717, 1.165) is 29.5 Å². The van der Waals surface area contributed by atoms with Crippen molar-refractivity contribution in [3.05, 3.63) is 59.7 Å². The van der Waals surface area contributed by atoms with Gasteiger partial charge in [-0.25, -0.2) is 0 Å². The van der Waals surface area contributed by atoms with E-state index in [1.807, 2.05) is 48.5 Å². The average molecular weight is 481 g/mol. The fourth-order valence-corrected chi connectivity index (χ4v) is 5.34. The Balaban J connectivity index is 1.61. The smallest absolute Gasteiger partial charge is 0.271 e. The predicted octanol–water partition coefficient (Wildman–Crippen LogP) is 3.81. The van der Waals surface area contributed by atoms with Crippen molar-refractivity contribution in [1.29, 1.82) is 0 Å². The van der Waals surface area contributed by atoms with E-state index in [9.17, 15) is 14.4 Å². The molecule has 4 rings (SSSR count). The molecule has 0 aromatic heterocycles. The van der Waals surface area contributed by atoms with Crippen LogP contribution in [0.15, 0.2) is 53.6 Å². The number of nitrogens with one attached hydrogen (secondary N) is 1. The van der Waals surface area contributed by atoms with Gasteiger partial charge in [-0.3, -0.25) is 14.4 Å². The summed E-state index contributed by atoms with van der Waals surface area (Å²) in [4.78, 5) is 38.3. The number of amides is 3. The Bertz CT molecular complexity index is 1150. The molecule has 0 unspecified atom stereocenters. The Morgan fingerprint density at radius 1 is 1.12 bits per heavy atom. The number of hydrogen-bond acceptors (Lipinski definition) is 6. The van der Waals surface area contributed by atoms with Crippen molar-refractivity contribution in [2.75, 3.05) is 11.5 Å². The molecule has 34 heavy (non-hydrogen) atoms. The summed E-state index contributed by atoms with van der Waals surface area (Å²) in [5.74, 6) is 0.372. The number of benzene rings is 2. The van der Waals surface area contributed by atoms with E-state index in [4.69, 9.17) is 4.74 Å². The fraction of sp³-hybridized carbons (Fsp3) is 0.360. The third kappa shape index (κ3) is 4.40. The lowest BCUT2D eigenvalue weighted by Crippen LogP contribution is -2.48. The van der Waals surface area contributed by atoms with Gasteiger partial charge in [0.2, 0.25) is 16.7 Å². The second-order valence-corrected chi connectivity index (χ2v) is 9.93. The molecule has 2 aromatic rings. The molecule has 2 aromatic carbocycles. The molecule has 0 saturated heterocycles. The van der Waals surface area contributed by atoms with Crippen LogP contribution in [0.5, 0.6) is 5.75 Å².